The van der Waals surface area contributed by atoms with E-state index in [0.717, 1.165) is 31.2 Å². The Morgan fingerprint density at radius 3 is 2.48 bits per heavy atom. The molecule has 0 heterocycles. The maximum atomic E-state index is 12.7. The first kappa shape index (κ1) is 19.4. The number of aryl methyl sites for hydroxylation is 1. The third-order valence-corrected chi connectivity index (χ3v) is 6.31. The van der Waals surface area contributed by atoms with Crippen LogP contribution in [0.5, 0.6) is 5.75 Å². The van der Waals surface area contributed by atoms with Gasteiger partial charge < -0.3 is 10.1 Å². The SMILES string of the molecule is COc1ccc(S(=O)(=O)NC2CCCC2)cc1NC(=O)c1ccccc1C. The van der Waals surface area contributed by atoms with Crippen molar-refractivity contribution in [2.75, 3.05) is 12.4 Å². The Morgan fingerprint density at radius 2 is 1.81 bits per heavy atom. The molecule has 0 atom stereocenters. The first-order valence-electron chi connectivity index (χ1n) is 8.98. The van der Waals surface area contributed by atoms with Crippen LogP contribution in [0.2, 0.25) is 0 Å². The lowest BCUT2D eigenvalue weighted by Gasteiger charge is -2.15. The number of carbonyl (C=O) groups is 1. The molecule has 1 aliphatic carbocycles. The zero-order chi connectivity index (χ0) is 19.4. The number of hydrogen-bond acceptors (Lipinski definition) is 4. The van der Waals surface area contributed by atoms with Gasteiger partial charge >= 0.3 is 0 Å². The fourth-order valence-corrected chi connectivity index (χ4v) is 4.63. The summed E-state index contributed by atoms with van der Waals surface area (Å²) in [4.78, 5) is 12.7. The van der Waals surface area contributed by atoms with Gasteiger partial charge in [0, 0.05) is 11.6 Å². The number of anilines is 1. The summed E-state index contributed by atoms with van der Waals surface area (Å²) >= 11 is 0. The van der Waals surface area contributed by atoms with Gasteiger partial charge in [0.1, 0.15) is 5.75 Å². The number of ether oxygens (including phenoxy) is 1. The second-order valence-electron chi connectivity index (χ2n) is 6.73. The molecule has 0 unspecified atom stereocenters. The van der Waals surface area contributed by atoms with Crippen molar-refractivity contribution >= 4 is 21.6 Å². The molecule has 0 radical (unpaired) electrons. The second-order valence-corrected chi connectivity index (χ2v) is 8.45. The average molecular weight is 388 g/mol. The number of amides is 1. The molecule has 1 fully saturated rings. The van der Waals surface area contributed by atoms with Gasteiger partial charge in [-0.15, -0.1) is 0 Å². The van der Waals surface area contributed by atoms with Crippen molar-refractivity contribution in [1.82, 2.24) is 4.72 Å². The summed E-state index contributed by atoms with van der Waals surface area (Å²) in [5.74, 6) is 0.0847. The number of hydrogen-bond donors (Lipinski definition) is 2. The van der Waals surface area contributed by atoms with Crippen LogP contribution < -0.4 is 14.8 Å². The van der Waals surface area contributed by atoms with E-state index in [9.17, 15) is 13.2 Å². The maximum Gasteiger partial charge on any atom is 0.256 e. The summed E-state index contributed by atoms with van der Waals surface area (Å²) in [5.41, 5.74) is 1.68. The highest BCUT2D eigenvalue weighted by Gasteiger charge is 2.24. The van der Waals surface area contributed by atoms with E-state index in [4.69, 9.17) is 4.74 Å². The Kier molecular flexibility index (Phi) is 5.82. The molecule has 2 aromatic carbocycles. The summed E-state index contributed by atoms with van der Waals surface area (Å²) in [6, 6.07) is 11.7. The Hall–Kier alpha value is -2.38. The van der Waals surface area contributed by atoms with E-state index < -0.39 is 10.0 Å². The third-order valence-electron chi connectivity index (χ3n) is 4.80. The quantitative estimate of drug-likeness (QED) is 0.793. The van der Waals surface area contributed by atoms with Crippen LogP contribution in [0.3, 0.4) is 0 Å². The molecule has 1 amide bonds. The molecule has 1 aliphatic rings. The van der Waals surface area contributed by atoms with Crippen molar-refractivity contribution in [3.8, 4) is 5.75 Å². The van der Waals surface area contributed by atoms with Crippen LogP contribution in [-0.2, 0) is 10.0 Å². The minimum Gasteiger partial charge on any atom is -0.495 e. The molecule has 0 spiro atoms. The van der Waals surface area contributed by atoms with Crippen LogP contribution >= 0.6 is 0 Å². The van der Waals surface area contributed by atoms with Gasteiger partial charge in [-0.2, -0.15) is 0 Å². The molecule has 144 valence electrons. The van der Waals surface area contributed by atoms with Crippen LogP contribution in [0.1, 0.15) is 41.6 Å². The number of sulfonamides is 1. The molecule has 3 rings (SSSR count). The van der Waals surface area contributed by atoms with Crippen molar-refractivity contribution in [1.29, 1.82) is 0 Å². The molecular formula is C20H24N2O4S. The molecule has 7 heteroatoms. The van der Waals surface area contributed by atoms with Gasteiger partial charge in [0.15, 0.2) is 0 Å². The highest BCUT2D eigenvalue weighted by Crippen LogP contribution is 2.29. The lowest BCUT2D eigenvalue weighted by Crippen LogP contribution is -2.32. The van der Waals surface area contributed by atoms with Gasteiger partial charge in [0.2, 0.25) is 10.0 Å². The predicted octanol–water partition coefficient (Wildman–Crippen LogP) is 3.48. The number of methoxy groups -OCH3 is 1. The zero-order valence-corrected chi connectivity index (χ0v) is 16.3. The summed E-state index contributed by atoms with van der Waals surface area (Å²) in [6.07, 6.45) is 3.78. The molecule has 1 saturated carbocycles. The average Bonchev–Trinajstić information content (AvgIpc) is 3.14. The van der Waals surface area contributed by atoms with Gasteiger partial charge in [-0.1, -0.05) is 31.0 Å². The number of rotatable bonds is 6. The standard InChI is InChI=1S/C20H24N2O4S/c1-14-7-3-6-10-17(14)20(23)21-18-13-16(11-12-19(18)26-2)27(24,25)22-15-8-4-5-9-15/h3,6-7,10-13,15,22H,4-5,8-9H2,1-2H3,(H,21,23). The smallest absolute Gasteiger partial charge is 0.256 e. The highest BCUT2D eigenvalue weighted by atomic mass is 32.2. The normalized spacial score (nSPS) is 14.9. The molecule has 2 N–H and O–H groups in total. The van der Waals surface area contributed by atoms with Crippen molar-refractivity contribution in [3.63, 3.8) is 0 Å². The summed E-state index contributed by atoms with van der Waals surface area (Å²) < 4.78 is 33.4. The minimum atomic E-state index is -3.66. The van der Waals surface area contributed by atoms with Crippen LogP contribution in [0.4, 0.5) is 5.69 Å². The molecular weight excluding hydrogens is 364 g/mol. The van der Waals surface area contributed by atoms with Crippen molar-refractivity contribution in [2.45, 2.75) is 43.5 Å². The maximum absolute atomic E-state index is 12.7. The molecule has 27 heavy (non-hydrogen) atoms. The first-order chi connectivity index (χ1) is 12.9. The zero-order valence-electron chi connectivity index (χ0n) is 15.5. The number of benzene rings is 2. The van der Waals surface area contributed by atoms with Gasteiger partial charge in [-0.25, -0.2) is 13.1 Å². The van der Waals surface area contributed by atoms with E-state index in [1.54, 1.807) is 18.2 Å². The fraction of sp³-hybridized carbons (Fsp3) is 0.350. The Morgan fingerprint density at radius 1 is 1.11 bits per heavy atom. The molecule has 2 aromatic rings. The van der Waals surface area contributed by atoms with Gasteiger partial charge in [0.25, 0.3) is 5.91 Å². The minimum absolute atomic E-state index is 0.0258. The lowest BCUT2D eigenvalue weighted by molar-refractivity contribution is 0.102. The lowest BCUT2D eigenvalue weighted by atomic mass is 10.1. The van der Waals surface area contributed by atoms with E-state index >= 15 is 0 Å². The van der Waals surface area contributed by atoms with E-state index in [2.05, 4.69) is 10.0 Å². The fourth-order valence-electron chi connectivity index (χ4n) is 3.30. The Labute approximate surface area is 160 Å². The number of carbonyl (C=O) groups excluding carboxylic acids is 1. The van der Waals surface area contributed by atoms with Crippen LogP contribution in [0.25, 0.3) is 0 Å². The van der Waals surface area contributed by atoms with E-state index in [-0.39, 0.29) is 16.8 Å². The van der Waals surface area contributed by atoms with Crippen molar-refractivity contribution in [2.24, 2.45) is 0 Å². The van der Waals surface area contributed by atoms with Crippen LogP contribution in [0, 0.1) is 6.92 Å². The topological polar surface area (TPSA) is 84.5 Å². The van der Waals surface area contributed by atoms with E-state index in [1.165, 1.54) is 19.2 Å². The van der Waals surface area contributed by atoms with E-state index in [0.29, 0.717) is 17.0 Å². The summed E-state index contributed by atoms with van der Waals surface area (Å²) in [6.45, 7) is 1.85. The molecule has 0 saturated heterocycles. The Balaban J connectivity index is 1.87. The Bertz CT molecular complexity index is 935. The molecule has 0 aromatic heterocycles. The van der Waals surface area contributed by atoms with Gasteiger partial charge in [-0.05, 0) is 49.6 Å². The molecule has 0 aliphatic heterocycles. The van der Waals surface area contributed by atoms with Gasteiger partial charge in [0.05, 0.1) is 17.7 Å². The third kappa shape index (κ3) is 4.48. The second kappa shape index (κ2) is 8.10. The van der Waals surface area contributed by atoms with Crippen LogP contribution in [0.15, 0.2) is 47.4 Å². The predicted molar refractivity (Wildman–Crippen MR) is 105 cm³/mol. The van der Waals surface area contributed by atoms with E-state index in [1.807, 2.05) is 19.1 Å². The first-order valence-corrected chi connectivity index (χ1v) is 10.5. The van der Waals surface area contributed by atoms with Crippen molar-refractivity contribution in [3.05, 3.63) is 53.6 Å². The largest absolute Gasteiger partial charge is 0.495 e. The summed E-state index contributed by atoms with van der Waals surface area (Å²) in [5, 5.41) is 2.77. The molecule has 6 nitrogen and oxygen atoms in total. The van der Waals surface area contributed by atoms with Crippen molar-refractivity contribution < 1.29 is 17.9 Å². The molecule has 0 bridgehead atoms. The summed E-state index contributed by atoms with van der Waals surface area (Å²) in [7, 11) is -2.18. The van der Waals surface area contributed by atoms with Crippen LogP contribution in [-0.4, -0.2) is 27.5 Å². The number of nitrogens with one attached hydrogen (secondary N) is 2. The highest BCUT2D eigenvalue weighted by molar-refractivity contribution is 7.89. The monoisotopic (exact) mass is 388 g/mol. The van der Waals surface area contributed by atoms with Gasteiger partial charge in [-0.3, -0.25) is 4.79 Å².